The van der Waals surface area contributed by atoms with Crippen LogP contribution in [0.4, 0.5) is 26.3 Å². The molecule has 3 rings (SSSR count). The van der Waals surface area contributed by atoms with E-state index < -0.39 is 33.0 Å². The fraction of sp³-hybridized carbons (Fsp3) is 0.280. The lowest BCUT2D eigenvalue weighted by Gasteiger charge is -2.33. The lowest BCUT2D eigenvalue weighted by molar-refractivity contribution is -0.188. The van der Waals surface area contributed by atoms with Gasteiger partial charge < -0.3 is 8.92 Å². The fourth-order valence-corrected chi connectivity index (χ4v) is 4.00. The number of para-hydroxylation sites is 1. The van der Waals surface area contributed by atoms with Gasteiger partial charge in [-0.05, 0) is 73.7 Å². The molecule has 36 heavy (non-hydrogen) atoms. The van der Waals surface area contributed by atoms with Crippen LogP contribution in [0.25, 0.3) is 0 Å². The third-order valence-corrected chi connectivity index (χ3v) is 6.60. The number of hydrogen-bond acceptors (Lipinski definition) is 4. The van der Waals surface area contributed by atoms with Crippen LogP contribution in [-0.2, 0) is 22.0 Å². The highest BCUT2D eigenvalue weighted by atomic mass is 32.2. The largest absolute Gasteiger partial charge is 0.534 e. The third-order valence-electron chi connectivity index (χ3n) is 5.63. The molecule has 0 spiro atoms. The molecule has 0 bridgehead atoms. The number of alkyl halides is 6. The normalized spacial score (nSPS) is 14.2. The zero-order valence-electron chi connectivity index (χ0n) is 18.9. The van der Waals surface area contributed by atoms with Crippen LogP contribution in [-0.4, -0.2) is 20.1 Å². The van der Waals surface area contributed by atoms with Crippen molar-refractivity contribution in [2.75, 3.05) is 0 Å². The first kappa shape index (κ1) is 27.4. The van der Waals surface area contributed by atoms with Gasteiger partial charge in [0, 0.05) is 0 Å². The van der Waals surface area contributed by atoms with Crippen LogP contribution < -0.4 is 8.92 Å². The number of aryl methyl sites for hydroxylation is 1. The third kappa shape index (κ3) is 6.51. The highest BCUT2D eigenvalue weighted by molar-refractivity contribution is 7.88. The SMILES string of the molecule is CC(CCCc1cccc(Oc2ccccc2)c1)(c1ccc(OS(=O)(=O)C(F)(F)F)cc1)C(F)(F)F. The second-order valence-corrected chi connectivity index (χ2v) is 9.79. The molecule has 0 aliphatic rings. The molecule has 0 saturated carbocycles. The van der Waals surface area contributed by atoms with E-state index in [-0.39, 0.29) is 18.4 Å². The van der Waals surface area contributed by atoms with Crippen molar-refractivity contribution in [3.8, 4) is 17.2 Å². The number of halogens is 6. The Balaban J connectivity index is 1.71. The molecular weight excluding hydrogens is 510 g/mol. The van der Waals surface area contributed by atoms with Gasteiger partial charge in [0.15, 0.2) is 0 Å². The fourth-order valence-electron chi connectivity index (χ4n) is 3.54. The zero-order chi connectivity index (χ0) is 26.6. The summed E-state index contributed by atoms with van der Waals surface area (Å²) in [6, 6.07) is 19.4. The van der Waals surface area contributed by atoms with Crippen LogP contribution >= 0.6 is 0 Å². The maximum Gasteiger partial charge on any atom is 0.534 e. The Morgan fingerprint density at radius 1 is 0.750 bits per heavy atom. The molecule has 0 saturated heterocycles. The summed E-state index contributed by atoms with van der Waals surface area (Å²) >= 11 is 0. The topological polar surface area (TPSA) is 52.6 Å². The van der Waals surface area contributed by atoms with Gasteiger partial charge in [-0.3, -0.25) is 0 Å². The molecule has 0 N–H and O–H groups in total. The smallest absolute Gasteiger partial charge is 0.457 e. The van der Waals surface area contributed by atoms with Gasteiger partial charge in [0.1, 0.15) is 17.2 Å². The Morgan fingerprint density at radius 3 is 1.94 bits per heavy atom. The Bertz CT molecular complexity index is 1260. The standard InChI is InChI=1S/C25H22F6O4S/c1-23(24(26,27)28,19-12-14-21(15-13-19)35-36(32,33)25(29,30)31)16-6-8-18-7-5-11-22(17-18)34-20-9-3-2-4-10-20/h2-5,7,9-15,17H,6,8,16H2,1H3. The molecule has 0 amide bonds. The first-order valence-electron chi connectivity index (χ1n) is 10.7. The Labute approximate surface area is 204 Å². The molecule has 3 aromatic rings. The second kappa shape index (κ2) is 10.4. The summed E-state index contributed by atoms with van der Waals surface area (Å²) in [4.78, 5) is 0. The lowest BCUT2D eigenvalue weighted by atomic mass is 9.77. The van der Waals surface area contributed by atoms with Gasteiger partial charge in [-0.2, -0.15) is 34.8 Å². The molecule has 0 aliphatic carbocycles. The van der Waals surface area contributed by atoms with Crippen LogP contribution in [0.3, 0.4) is 0 Å². The molecule has 0 aliphatic heterocycles. The Hall–Kier alpha value is -3.21. The van der Waals surface area contributed by atoms with E-state index in [1.807, 2.05) is 18.2 Å². The average Bonchev–Trinajstić information content (AvgIpc) is 2.79. The van der Waals surface area contributed by atoms with E-state index in [4.69, 9.17) is 4.74 Å². The quantitative estimate of drug-likeness (QED) is 0.162. The van der Waals surface area contributed by atoms with Crippen LogP contribution in [0.5, 0.6) is 17.2 Å². The van der Waals surface area contributed by atoms with E-state index in [0.29, 0.717) is 17.9 Å². The van der Waals surface area contributed by atoms with Crippen molar-refractivity contribution in [3.05, 3.63) is 90.0 Å². The maximum atomic E-state index is 14.1. The van der Waals surface area contributed by atoms with Crippen molar-refractivity contribution in [2.45, 2.75) is 43.3 Å². The van der Waals surface area contributed by atoms with E-state index in [0.717, 1.165) is 36.8 Å². The number of benzene rings is 3. The summed E-state index contributed by atoms with van der Waals surface area (Å²) < 4.78 is 112. The van der Waals surface area contributed by atoms with Crippen LogP contribution in [0.15, 0.2) is 78.9 Å². The highest BCUT2D eigenvalue weighted by Crippen LogP contribution is 2.45. The molecule has 0 radical (unpaired) electrons. The first-order valence-corrected chi connectivity index (χ1v) is 12.1. The summed E-state index contributed by atoms with van der Waals surface area (Å²) in [5, 5.41) is 0. The molecule has 194 valence electrons. The zero-order valence-corrected chi connectivity index (χ0v) is 19.8. The van der Waals surface area contributed by atoms with E-state index >= 15 is 0 Å². The average molecular weight is 533 g/mol. The van der Waals surface area contributed by atoms with Gasteiger partial charge in [-0.1, -0.05) is 42.5 Å². The monoisotopic (exact) mass is 532 g/mol. The Kier molecular flexibility index (Phi) is 7.92. The molecule has 3 aromatic carbocycles. The minimum absolute atomic E-state index is 0.144. The number of hydrogen-bond donors (Lipinski definition) is 0. The van der Waals surface area contributed by atoms with Crippen molar-refractivity contribution in [2.24, 2.45) is 0 Å². The molecule has 1 unspecified atom stereocenters. The van der Waals surface area contributed by atoms with Crippen LogP contribution in [0, 0.1) is 0 Å². The highest BCUT2D eigenvalue weighted by Gasteiger charge is 2.52. The number of ether oxygens (including phenoxy) is 1. The summed E-state index contributed by atoms with van der Waals surface area (Å²) in [6.45, 7) is 0.990. The molecule has 0 aromatic heterocycles. The lowest BCUT2D eigenvalue weighted by Crippen LogP contribution is -2.39. The predicted molar refractivity (Wildman–Crippen MR) is 121 cm³/mol. The minimum atomic E-state index is -5.93. The van der Waals surface area contributed by atoms with E-state index in [1.165, 1.54) is 0 Å². The number of rotatable bonds is 9. The van der Waals surface area contributed by atoms with Crippen LogP contribution in [0.1, 0.15) is 30.9 Å². The van der Waals surface area contributed by atoms with Crippen molar-refractivity contribution in [1.82, 2.24) is 0 Å². The van der Waals surface area contributed by atoms with Crippen LogP contribution in [0.2, 0.25) is 0 Å². The molecule has 1 atom stereocenters. The van der Waals surface area contributed by atoms with Crippen molar-refractivity contribution >= 4 is 10.1 Å². The van der Waals surface area contributed by atoms with Gasteiger partial charge >= 0.3 is 21.8 Å². The second-order valence-electron chi connectivity index (χ2n) is 8.25. The molecule has 0 heterocycles. The molecule has 4 nitrogen and oxygen atoms in total. The summed E-state index contributed by atoms with van der Waals surface area (Å²) in [7, 11) is -5.93. The minimum Gasteiger partial charge on any atom is -0.457 e. The summed E-state index contributed by atoms with van der Waals surface area (Å²) in [6.07, 6.45) is -4.53. The van der Waals surface area contributed by atoms with Gasteiger partial charge in [0.05, 0.1) is 5.41 Å². The van der Waals surface area contributed by atoms with E-state index in [1.54, 1.807) is 36.4 Å². The molecular formula is C25H22F6O4S. The van der Waals surface area contributed by atoms with Gasteiger partial charge in [0.25, 0.3) is 0 Å². The maximum absolute atomic E-state index is 14.1. The first-order chi connectivity index (χ1) is 16.7. The predicted octanol–water partition coefficient (Wildman–Crippen LogP) is 7.55. The summed E-state index contributed by atoms with van der Waals surface area (Å²) in [5.74, 6) is 0.423. The van der Waals surface area contributed by atoms with Crippen molar-refractivity contribution in [1.29, 1.82) is 0 Å². The molecule has 11 heteroatoms. The van der Waals surface area contributed by atoms with Gasteiger partial charge in [-0.15, -0.1) is 0 Å². The van der Waals surface area contributed by atoms with Crippen molar-refractivity contribution < 1.29 is 43.7 Å². The Morgan fingerprint density at radius 2 is 1.36 bits per heavy atom. The van der Waals surface area contributed by atoms with Gasteiger partial charge in [0.2, 0.25) is 0 Å². The van der Waals surface area contributed by atoms with Gasteiger partial charge in [-0.25, -0.2) is 0 Å². The van der Waals surface area contributed by atoms with E-state index in [9.17, 15) is 34.8 Å². The van der Waals surface area contributed by atoms with E-state index in [2.05, 4.69) is 4.18 Å². The summed E-state index contributed by atoms with van der Waals surface area (Å²) in [5.41, 5.74) is -7.44. The van der Waals surface area contributed by atoms with Crippen molar-refractivity contribution in [3.63, 3.8) is 0 Å². The molecule has 0 fully saturated rings.